The van der Waals surface area contributed by atoms with E-state index in [0.717, 1.165) is 24.9 Å². The molecule has 1 saturated heterocycles. The fourth-order valence-corrected chi connectivity index (χ4v) is 3.82. The monoisotopic (exact) mass is 419 g/mol. The number of hydrogen-bond acceptors (Lipinski definition) is 3. The molecule has 5 heteroatoms. The van der Waals surface area contributed by atoms with Gasteiger partial charge in [0.25, 0.3) is 0 Å². The first kappa shape index (κ1) is 17.1. The Balaban J connectivity index is 2.30. The maximum absolute atomic E-state index is 12.9. The molecule has 1 fully saturated rings. The molecule has 0 unspecified atom stereocenters. The zero-order chi connectivity index (χ0) is 15.5. The van der Waals surface area contributed by atoms with Crippen LogP contribution >= 0.6 is 30.4 Å². The highest BCUT2D eigenvalue weighted by Crippen LogP contribution is 2.40. The molecule has 3 nitrogen and oxygen atoms in total. The molecule has 0 aliphatic carbocycles. The minimum absolute atomic E-state index is 0.0202. The number of carbonyl (C=O) groups excluding carboxylic acids is 1. The molecule has 1 aliphatic heterocycles. The van der Waals surface area contributed by atoms with Crippen LogP contribution in [0.2, 0.25) is 0 Å². The van der Waals surface area contributed by atoms with Crippen molar-refractivity contribution in [1.82, 2.24) is 4.90 Å². The van der Waals surface area contributed by atoms with Crippen molar-refractivity contribution in [3.05, 3.63) is 35.9 Å². The summed E-state index contributed by atoms with van der Waals surface area (Å²) >= 11 is 2.15. The third-order valence-corrected chi connectivity index (χ3v) is 5.31. The van der Waals surface area contributed by atoms with Crippen LogP contribution in [-0.4, -0.2) is 23.5 Å². The van der Waals surface area contributed by atoms with Gasteiger partial charge in [0.15, 0.2) is 0 Å². The Morgan fingerprint density at radius 1 is 1.43 bits per heavy atom. The fourth-order valence-electron chi connectivity index (χ4n) is 2.72. The van der Waals surface area contributed by atoms with E-state index < -0.39 is 0 Å². The van der Waals surface area contributed by atoms with Gasteiger partial charge in [-0.1, -0.05) is 51.1 Å². The van der Waals surface area contributed by atoms with E-state index in [4.69, 9.17) is 4.18 Å². The van der Waals surface area contributed by atoms with Crippen LogP contribution in [0, 0.1) is 5.41 Å². The highest BCUT2D eigenvalue weighted by Gasteiger charge is 2.43. The smallest absolute Gasteiger partial charge is 0.228 e. The van der Waals surface area contributed by atoms with E-state index in [-0.39, 0.29) is 23.5 Å². The summed E-state index contributed by atoms with van der Waals surface area (Å²) in [6.07, 6.45) is 1.79. The van der Waals surface area contributed by atoms with Crippen molar-refractivity contribution in [2.45, 2.75) is 45.8 Å². The molecule has 116 valence electrons. The lowest BCUT2D eigenvalue weighted by atomic mass is 9.88. The van der Waals surface area contributed by atoms with Gasteiger partial charge in [-0.05, 0) is 18.4 Å². The molecule has 0 radical (unpaired) electrons. The molecular formula is C16H22INO2S. The Labute approximate surface area is 143 Å². The molecule has 1 aromatic carbocycles. The second kappa shape index (κ2) is 7.33. The number of benzene rings is 1. The first-order valence-electron chi connectivity index (χ1n) is 7.31. The Morgan fingerprint density at radius 2 is 2.10 bits per heavy atom. The van der Waals surface area contributed by atoms with E-state index in [9.17, 15) is 4.79 Å². The van der Waals surface area contributed by atoms with Gasteiger partial charge in [-0.3, -0.25) is 8.98 Å². The number of amides is 1. The van der Waals surface area contributed by atoms with Gasteiger partial charge in [0, 0.05) is 33.2 Å². The Bertz CT molecular complexity index is 480. The number of rotatable bonds is 5. The zero-order valence-corrected chi connectivity index (χ0v) is 15.7. The first-order valence-corrected chi connectivity index (χ1v) is 10.6. The fraction of sp³-hybridized carbons (Fsp3) is 0.562. The summed E-state index contributed by atoms with van der Waals surface area (Å²) in [6, 6.07) is 10.2. The molecule has 0 spiro atoms. The summed E-state index contributed by atoms with van der Waals surface area (Å²) in [4.78, 5) is 14.9. The second-order valence-electron chi connectivity index (χ2n) is 6.08. The third-order valence-electron chi connectivity index (χ3n) is 4.37. The van der Waals surface area contributed by atoms with Crippen molar-refractivity contribution in [1.29, 1.82) is 0 Å². The molecule has 1 amide bonds. The van der Waals surface area contributed by atoms with Gasteiger partial charge < -0.3 is 4.90 Å². The lowest BCUT2D eigenvalue weighted by molar-refractivity contribution is -0.142. The highest BCUT2D eigenvalue weighted by molar-refractivity contribution is 14.2. The maximum atomic E-state index is 12.9. The van der Waals surface area contributed by atoms with Crippen LogP contribution in [-0.2, 0) is 8.98 Å². The van der Waals surface area contributed by atoms with Crippen LogP contribution < -0.4 is 0 Å². The minimum atomic E-state index is -0.320. The van der Waals surface area contributed by atoms with Crippen molar-refractivity contribution >= 4 is 36.3 Å². The van der Waals surface area contributed by atoms with Crippen molar-refractivity contribution < 1.29 is 8.98 Å². The lowest BCUT2D eigenvalue weighted by Crippen LogP contribution is -2.41. The van der Waals surface area contributed by atoms with Crippen molar-refractivity contribution in [3.8, 4) is 0 Å². The van der Waals surface area contributed by atoms with E-state index in [1.165, 1.54) is 9.21 Å². The maximum Gasteiger partial charge on any atom is 0.228 e. The summed E-state index contributed by atoms with van der Waals surface area (Å²) in [6.45, 7) is 6.89. The number of nitrogens with zero attached hydrogens (tertiary/aromatic N) is 1. The quantitative estimate of drug-likeness (QED) is 0.508. The summed E-state index contributed by atoms with van der Waals surface area (Å²) in [5, 5.41) is 0. The van der Waals surface area contributed by atoms with Gasteiger partial charge in [-0.25, -0.2) is 0 Å². The molecule has 0 saturated carbocycles. The van der Waals surface area contributed by atoms with E-state index in [2.05, 4.69) is 40.3 Å². The Kier molecular flexibility index (Phi) is 5.96. The third kappa shape index (κ3) is 3.74. The van der Waals surface area contributed by atoms with Gasteiger partial charge in [0.05, 0.1) is 21.4 Å². The summed E-state index contributed by atoms with van der Waals surface area (Å²) in [7, 11) is 1.36. The molecule has 0 aromatic heterocycles. The molecule has 2 rings (SSSR count). The molecule has 1 heterocycles. The van der Waals surface area contributed by atoms with Crippen LogP contribution in [0.25, 0.3) is 0 Å². The van der Waals surface area contributed by atoms with E-state index >= 15 is 0 Å². The number of halogens is 1. The van der Waals surface area contributed by atoms with Crippen LogP contribution in [0.5, 0.6) is 0 Å². The molecule has 0 bridgehead atoms. The van der Waals surface area contributed by atoms with E-state index in [1.54, 1.807) is 0 Å². The van der Waals surface area contributed by atoms with Crippen LogP contribution in [0.1, 0.15) is 45.2 Å². The van der Waals surface area contributed by atoms with Gasteiger partial charge in [0.2, 0.25) is 5.91 Å². The topological polar surface area (TPSA) is 29.5 Å². The van der Waals surface area contributed by atoms with Gasteiger partial charge in [0.1, 0.15) is 0 Å². The average molecular weight is 419 g/mol. The van der Waals surface area contributed by atoms with Crippen LogP contribution in [0.3, 0.4) is 0 Å². The van der Waals surface area contributed by atoms with Gasteiger partial charge >= 0.3 is 0 Å². The largest absolute Gasteiger partial charge is 0.332 e. The Hall–Kier alpha value is -0.270. The number of hydrogen-bond donors (Lipinski definition) is 0. The first-order chi connectivity index (χ1) is 10.0. The average Bonchev–Trinajstić information content (AvgIpc) is 2.91. The molecule has 1 aliphatic rings. The Morgan fingerprint density at radius 3 is 2.67 bits per heavy atom. The summed E-state index contributed by atoms with van der Waals surface area (Å²) in [5.74, 6) is 0.225. The summed E-state index contributed by atoms with van der Waals surface area (Å²) < 4.78 is 5.81. The second-order valence-corrected chi connectivity index (χ2v) is 7.48. The molecule has 2 atom stereocenters. The van der Waals surface area contributed by atoms with Crippen LogP contribution in [0.15, 0.2) is 30.3 Å². The number of likely N-dealkylation sites (tertiary alicyclic amines) is 1. The minimum Gasteiger partial charge on any atom is -0.332 e. The van der Waals surface area contributed by atoms with Gasteiger partial charge in [-0.15, -0.1) is 0 Å². The number of carbonyl (C=O) groups is 1. The van der Waals surface area contributed by atoms with Crippen molar-refractivity contribution in [2.24, 2.45) is 5.41 Å². The molecule has 1 aromatic rings. The standard InChI is InChI=1S/C16H22INO2S/c1-4-16(2,3)15(19)18-11-10-13(20-21-17)14(18)12-8-6-5-7-9-12/h5-9,13-14H,4,10-11H2,1-3H3/t13-,14+/m0/s1. The normalized spacial score (nSPS) is 22.6. The molecule has 0 N–H and O–H groups in total. The van der Waals surface area contributed by atoms with E-state index in [1.807, 2.05) is 36.9 Å². The van der Waals surface area contributed by atoms with Gasteiger partial charge in [-0.2, -0.15) is 0 Å². The summed E-state index contributed by atoms with van der Waals surface area (Å²) in [5.41, 5.74) is 0.838. The zero-order valence-electron chi connectivity index (χ0n) is 12.7. The highest BCUT2D eigenvalue weighted by atomic mass is 127. The predicted octanol–water partition coefficient (Wildman–Crippen LogP) is 4.78. The van der Waals surface area contributed by atoms with Crippen molar-refractivity contribution in [3.63, 3.8) is 0 Å². The predicted molar refractivity (Wildman–Crippen MR) is 96.1 cm³/mol. The SMILES string of the molecule is CCC(C)(C)C(=O)N1CC[C@H](OSI)[C@H]1c1ccccc1. The van der Waals surface area contributed by atoms with Crippen molar-refractivity contribution in [2.75, 3.05) is 6.54 Å². The molecular weight excluding hydrogens is 397 g/mol. The van der Waals surface area contributed by atoms with Crippen LogP contribution in [0.4, 0.5) is 0 Å². The molecule has 21 heavy (non-hydrogen) atoms. The lowest BCUT2D eigenvalue weighted by Gasteiger charge is -2.34. The van der Waals surface area contributed by atoms with E-state index in [0.29, 0.717) is 0 Å².